The number of pyridine rings is 1. The summed E-state index contributed by atoms with van der Waals surface area (Å²) in [6.07, 6.45) is 0. The summed E-state index contributed by atoms with van der Waals surface area (Å²) in [5.41, 5.74) is -0.269. The van der Waals surface area contributed by atoms with E-state index in [1.54, 1.807) is 37.4 Å². The third-order valence-electron chi connectivity index (χ3n) is 5.80. The number of aromatic nitrogens is 1. The van der Waals surface area contributed by atoms with Gasteiger partial charge in [-0.1, -0.05) is 36.0 Å². The van der Waals surface area contributed by atoms with Crippen LogP contribution in [0.2, 0.25) is 0 Å². The lowest BCUT2D eigenvalue weighted by molar-refractivity contribution is 0.408. The lowest BCUT2D eigenvalue weighted by Crippen LogP contribution is -2.23. The number of aromatic hydroxyl groups is 1. The van der Waals surface area contributed by atoms with Crippen molar-refractivity contribution in [3.8, 4) is 17.2 Å². The first kappa shape index (κ1) is 23.5. The molecular formula is C27H20FNO6S. The monoisotopic (exact) mass is 505 g/mol. The average molecular weight is 506 g/mol. The molecule has 0 unspecified atom stereocenters. The normalized spacial score (nSPS) is 11.2. The highest BCUT2D eigenvalue weighted by Crippen LogP contribution is 2.38. The minimum absolute atomic E-state index is 0.0416. The van der Waals surface area contributed by atoms with Crippen molar-refractivity contribution >= 4 is 33.6 Å². The fourth-order valence-electron chi connectivity index (χ4n) is 4.09. The average Bonchev–Trinajstić information content (AvgIpc) is 2.88. The first-order valence-corrected chi connectivity index (χ1v) is 11.7. The molecule has 36 heavy (non-hydrogen) atoms. The Balaban J connectivity index is 1.81. The molecule has 0 amide bonds. The van der Waals surface area contributed by atoms with E-state index in [0.29, 0.717) is 27.3 Å². The molecule has 0 aliphatic heterocycles. The molecule has 0 aliphatic rings. The van der Waals surface area contributed by atoms with Crippen LogP contribution in [0.1, 0.15) is 5.56 Å². The van der Waals surface area contributed by atoms with E-state index in [1.165, 1.54) is 29.9 Å². The SMILES string of the molecule is COc1ccc2c3oc(=O)c(Sc4cccc(F)c4)c(O)c3c(=O)n(Cc3ccccc3OC)c2c1. The van der Waals surface area contributed by atoms with E-state index in [1.807, 2.05) is 18.2 Å². The Morgan fingerprint density at radius 2 is 1.81 bits per heavy atom. The van der Waals surface area contributed by atoms with Crippen molar-refractivity contribution in [1.29, 1.82) is 0 Å². The van der Waals surface area contributed by atoms with Crippen LogP contribution in [0.4, 0.5) is 4.39 Å². The van der Waals surface area contributed by atoms with Crippen molar-refractivity contribution in [1.82, 2.24) is 4.57 Å². The minimum atomic E-state index is -0.840. The number of hydrogen-bond acceptors (Lipinski definition) is 7. The van der Waals surface area contributed by atoms with Crippen LogP contribution in [-0.2, 0) is 6.54 Å². The summed E-state index contributed by atoms with van der Waals surface area (Å²) >= 11 is 0.822. The number of hydrogen-bond donors (Lipinski definition) is 1. The fraction of sp³-hybridized carbons (Fsp3) is 0.111. The smallest absolute Gasteiger partial charge is 0.354 e. The van der Waals surface area contributed by atoms with Crippen LogP contribution in [0.25, 0.3) is 21.9 Å². The summed E-state index contributed by atoms with van der Waals surface area (Å²) in [5.74, 6) is 0.0716. The number of methoxy groups -OCH3 is 2. The predicted octanol–water partition coefficient (Wildman–Crippen LogP) is 5.17. The van der Waals surface area contributed by atoms with E-state index < -0.39 is 22.8 Å². The van der Waals surface area contributed by atoms with Crippen LogP contribution >= 0.6 is 11.8 Å². The second kappa shape index (κ2) is 9.43. The summed E-state index contributed by atoms with van der Waals surface area (Å²) in [6.45, 7) is 0.118. The van der Waals surface area contributed by atoms with Gasteiger partial charge in [0.15, 0.2) is 11.3 Å². The molecule has 3 aromatic carbocycles. The molecule has 0 bridgehead atoms. The zero-order valence-corrected chi connectivity index (χ0v) is 20.1. The van der Waals surface area contributed by atoms with Crippen molar-refractivity contribution < 1.29 is 23.4 Å². The quantitative estimate of drug-likeness (QED) is 0.319. The molecule has 2 aromatic heterocycles. The Morgan fingerprint density at radius 1 is 1.00 bits per heavy atom. The van der Waals surface area contributed by atoms with Gasteiger partial charge in [0.05, 0.1) is 26.3 Å². The van der Waals surface area contributed by atoms with Gasteiger partial charge < -0.3 is 23.6 Å². The standard InChI is InChI=1S/C27H20FNO6S/c1-33-17-10-11-19-20(13-17)29(14-15-6-3-4-9-21(15)34-2)26(31)22-23(30)25(27(32)35-24(19)22)36-18-8-5-7-16(28)12-18/h3-13,30H,14H2,1-2H3. The number of rotatable bonds is 6. The van der Waals surface area contributed by atoms with Crippen molar-refractivity contribution in [3.63, 3.8) is 0 Å². The maximum Gasteiger partial charge on any atom is 0.354 e. The van der Waals surface area contributed by atoms with Gasteiger partial charge in [0, 0.05) is 21.9 Å². The van der Waals surface area contributed by atoms with Gasteiger partial charge in [-0.3, -0.25) is 4.79 Å². The maximum absolute atomic E-state index is 13.8. The van der Waals surface area contributed by atoms with Gasteiger partial charge in [-0.05, 0) is 36.4 Å². The van der Waals surface area contributed by atoms with Crippen LogP contribution in [-0.4, -0.2) is 23.9 Å². The van der Waals surface area contributed by atoms with Gasteiger partial charge in [0.1, 0.15) is 27.6 Å². The van der Waals surface area contributed by atoms with Crippen LogP contribution in [0.15, 0.2) is 90.5 Å². The third-order valence-corrected chi connectivity index (χ3v) is 6.85. The fourth-order valence-corrected chi connectivity index (χ4v) is 4.97. The van der Waals surface area contributed by atoms with Gasteiger partial charge in [-0.25, -0.2) is 9.18 Å². The molecule has 0 atom stereocenters. The number of fused-ring (bicyclic) bond motifs is 3. The van der Waals surface area contributed by atoms with Crippen LogP contribution in [0.3, 0.4) is 0 Å². The van der Waals surface area contributed by atoms with E-state index in [-0.39, 0.29) is 22.4 Å². The Hall–Kier alpha value is -4.24. The molecule has 0 spiro atoms. The van der Waals surface area contributed by atoms with E-state index in [0.717, 1.165) is 17.3 Å². The molecule has 0 saturated carbocycles. The van der Waals surface area contributed by atoms with Crippen LogP contribution < -0.4 is 20.7 Å². The predicted molar refractivity (Wildman–Crippen MR) is 135 cm³/mol. The number of benzene rings is 3. The highest BCUT2D eigenvalue weighted by Gasteiger charge is 2.23. The highest BCUT2D eigenvalue weighted by atomic mass is 32.2. The van der Waals surface area contributed by atoms with Crippen molar-refractivity contribution in [2.75, 3.05) is 14.2 Å². The van der Waals surface area contributed by atoms with E-state index >= 15 is 0 Å². The molecule has 0 radical (unpaired) electrons. The topological polar surface area (TPSA) is 90.9 Å². The second-order valence-electron chi connectivity index (χ2n) is 7.92. The molecule has 182 valence electrons. The molecule has 1 N–H and O–H groups in total. The summed E-state index contributed by atoms with van der Waals surface area (Å²) in [4.78, 5) is 26.9. The Kier molecular flexibility index (Phi) is 6.15. The maximum atomic E-state index is 13.8. The van der Waals surface area contributed by atoms with Crippen LogP contribution in [0.5, 0.6) is 17.2 Å². The zero-order chi connectivity index (χ0) is 25.4. The number of nitrogens with zero attached hydrogens (tertiary/aromatic N) is 1. The number of ether oxygens (including phenoxy) is 2. The Morgan fingerprint density at radius 3 is 2.56 bits per heavy atom. The van der Waals surface area contributed by atoms with Gasteiger partial charge in [0.25, 0.3) is 5.56 Å². The first-order valence-electron chi connectivity index (χ1n) is 10.9. The summed E-state index contributed by atoms with van der Waals surface area (Å²) in [5, 5.41) is 11.4. The molecule has 7 nitrogen and oxygen atoms in total. The molecule has 5 aromatic rings. The highest BCUT2D eigenvalue weighted by molar-refractivity contribution is 7.99. The van der Waals surface area contributed by atoms with Crippen molar-refractivity contribution in [2.45, 2.75) is 16.3 Å². The molecule has 0 saturated heterocycles. The van der Waals surface area contributed by atoms with E-state index in [9.17, 15) is 19.1 Å². The van der Waals surface area contributed by atoms with Crippen LogP contribution in [0, 0.1) is 5.82 Å². The lowest BCUT2D eigenvalue weighted by Gasteiger charge is -2.16. The summed E-state index contributed by atoms with van der Waals surface area (Å²) in [7, 11) is 3.05. The zero-order valence-electron chi connectivity index (χ0n) is 19.3. The number of halogens is 1. The first-order chi connectivity index (χ1) is 17.4. The van der Waals surface area contributed by atoms with Gasteiger partial charge in [0.2, 0.25) is 0 Å². The Labute approximate surface area is 208 Å². The lowest BCUT2D eigenvalue weighted by atomic mass is 10.1. The number of para-hydroxylation sites is 1. The third kappa shape index (κ3) is 4.07. The van der Waals surface area contributed by atoms with Crippen molar-refractivity contribution in [3.05, 3.63) is 98.9 Å². The molecule has 9 heteroatoms. The molecule has 5 rings (SSSR count). The molecular weight excluding hydrogens is 485 g/mol. The second-order valence-corrected chi connectivity index (χ2v) is 9.00. The minimum Gasteiger partial charge on any atom is -0.505 e. The largest absolute Gasteiger partial charge is 0.505 e. The van der Waals surface area contributed by atoms with E-state index in [2.05, 4.69) is 0 Å². The van der Waals surface area contributed by atoms with Gasteiger partial charge >= 0.3 is 5.63 Å². The van der Waals surface area contributed by atoms with E-state index in [4.69, 9.17) is 13.9 Å². The molecule has 2 heterocycles. The van der Waals surface area contributed by atoms with Gasteiger partial charge in [-0.2, -0.15) is 0 Å². The molecule has 0 fully saturated rings. The summed E-state index contributed by atoms with van der Waals surface area (Å²) in [6, 6.07) is 17.8. The summed E-state index contributed by atoms with van der Waals surface area (Å²) < 4.78 is 31.6. The molecule has 0 aliphatic carbocycles. The Bertz CT molecular complexity index is 1740. The van der Waals surface area contributed by atoms with Crippen molar-refractivity contribution in [2.24, 2.45) is 0 Å². The van der Waals surface area contributed by atoms with Gasteiger partial charge in [-0.15, -0.1) is 0 Å².